The van der Waals surface area contributed by atoms with Crippen LogP contribution in [0, 0.1) is 0 Å². The molecule has 0 atom stereocenters. The van der Waals surface area contributed by atoms with Gasteiger partial charge in [0, 0.05) is 0 Å². The Morgan fingerprint density at radius 2 is 1.89 bits per heavy atom. The van der Waals surface area contributed by atoms with Gasteiger partial charge in [-0.1, -0.05) is 0 Å². The van der Waals surface area contributed by atoms with Crippen LogP contribution >= 0.6 is 11.3 Å². The first kappa shape index (κ1) is 12.4. The van der Waals surface area contributed by atoms with Gasteiger partial charge in [-0.15, -0.1) is 11.3 Å². The Labute approximate surface area is 107 Å². The Morgan fingerprint density at radius 3 is 2.50 bits per heavy atom. The zero-order valence-electron chi connectivity index (χ0n) is 9.85. The molecular formula is C12H11NO4S. The topological polar surface area (TPSA) is 78.6 Å². The van der Waals surface area contributed by atoms with E-state index in [1.165, 1.54) is 25.6 Å². The van der Waals surface area contributed by atoms with Gasteiger partial charge in [0.05, 0.1) is 35.7 Å². The van der Waals surface area contributed by atoms with Crippen LogP contribution in [0.15, 0.2) is 17.5 Å². The van der Waals surface area contributed by atoms with Crippen molar-refractivity contribution in [3.8, 4) is 0 Å². The van der Waals surface area contributed by atoms with E-state index in [-0.39, 0.29) is 16.8 Å². The molecule has 2 aromatic rings. The zero-order valence-corrected chi connectivity index (χ0v) is 10.7. The number of thiophene rings is 1. The molecular weight excluding hydrogens is 254 g/mol. The third kappa shape index (κ3) is 1.80. The standard InChI is InChI=1S/C12H11NO4S/c1-16-11(14)7-5-6-3-4-18-10(6)9(13)8(7)12(15)17-2/h3-5H,13H2,1-2H3. The van der Waals surface area contributed by atoms with Gasteiger partial charge in [-0.25, -0.2) is 9.59 Å². The maximum atomic E-state index is 11.7. The number of carbonyl (C=O) groups excluding carboxylic acids is 2. The highest BCUT2D eigenvalue weighted by atomic mass is 32.1. The summed E-state index contributed by atoms with van der Waals surface area (Å²) >= 11 is 1.40. The number of anilines is 1. The number of carbonyl (C=O) groups is 2. The van der Waals surface area contributed by atoms with Crippen molar-refractivity contribution in [1.82, 2.24) is 0 Å². The molecule has 1 aromatic heterocycles. The first-order valence-corrected chi connectivity index (χ1v) is 5.94. The van der Waals surface area contributed by atoms with Gasteiger partial charge >= 0.3 is 11.9 Å². The molecule has 6 heteroatoms. The largest absolute Gasteiger partial charge is 0.465 e. The third-order valence-electron chi connectivity index (χ3n) is 2.57. The zero-order chi connectivity index (χ0) is 13.3. The molecule has 1 heterocycles. The minimum Gasteiger partial charge on any atom is -0.465 e. The first-order chi connectivity index (χ1) is 8.60. The van der Waals surface area contributed by atoms with Gasteiger partial charge in [0.1, 0.15) is 0 Å². The van der Waals surface area contributed by atoms with E-state index in [0.717, 1.165) is 10.1 Å². The van der Waals surface area contributed by atoms with Gasteiger partial charge in [0.25, 0.3) is 0 Å². The molecule has 0 aliphatic heterocycles. The van der Waals surface area contributed by atoms with E-state index in [4.69, 9.17) is 5.73 Å². The van der Waals surface area contributed by atoms with Gasteiger partial charge in [0.2, 0.25) is 0 Å². The van der Waals surface area contributed by atoms with Crippen molar-refractivity contribution in [3.63, 3.8) is 0 Å². The lowest BCUT2D eigenvalue weighted by Crippen LogP contribution is -2.14. The van der Waals surface area contributed by atoms with E-state index in [0.29, 0.717) is 0 Å². The van der Waals surface area contributed by atoms with Gasteiger partial charge in [0.15, 0.2) is 0 Å². The van der Waals surface area contributed by atoms with E-state index >= 15 is 0 Å². The predicted molar refractivity (Wildman–Crippen MR) is 68.9 cm³/mol. The average Bonchev–Trinajstić information content (AvgIpc) is 2.85. The summed E-state index contributed by atoms with van der Waals surface area (Å²) in [4.78, 5) is 23.4. The van der Waals surface area contributed by atoms with Gasteiger partial charge in [-0.05, 0) is 22.9 Å². The second kappa shape index (κ2) is 4.66. The van der Waals surface area contributed by atoms with E-state index < -0.39 is 11.9 Å². The number of nitrogens with two attached hydrogens (primary N) is 1. The summed E-state index contributed by atoms with van der Waals surface area (Å²) in [5.41, 5.74) is 6.35. The number of fused-ring (bicyclic) bond motifs is 1. The van der Waals surface area contributed by atoms with Crippen LogP contribution in [0.4, 0.5) is 5.69 Å². The van der Waals surface area contributed by atoms with Crippen molar-refractivity contribution in [2.45, 2.75) is 0 Å². The summed E-state index contributed by atoms with van der Waals surface area (Å²) in [5.74, 6) is -1.27. The fourth-order valence-corrected chi connectivity index (χ4v) is 2.57. The highest BCUT2D eigenvalue weighted by Crippen LogP contribution is 2.33. The molecule has 0 aliphatic carbocycles. The Balaban J connectivity index is 2.80. The SMILES string of the molecule is COC(=O)c1cc2ccsc2c(N)c1C(=O)OC. The second-order valence-corrected chi connectivity index (χ2v) is 4.45. The van der Waals surface area contributed by atoms with Crippen molar-refractivity contribution in [3.05, 3.63) is 28.6 Å². The molecule has 0 fully saturated rings. The monoisotopic (exact) mass is 265 g/mol. The summed E-state index contributed by atoms with van der Waals surface area (Å²) in [6, 6.07) is 3.41. The van der Waals surface area contributed by atoms with Crippen LogP contribution in [0.3, 0.4) is 0 Å². The summed E-state index contributed by atoms with van der Waals surface area (Å²) < 4.78 is 10.1. The highest BCUT2D eigenvalue weighted by molar-refractivity contribution is 7.17. The number of rotatable bonds is 2. The van der Waals surface area contributed by atoms with Gasteiger partial charge in [-0.3, -0.25) is 0 Å². The third-order valence-corrected chi connectivity index (χ3v) is 3.54. The number of hydrogen-bond donors (Lipinski definition) is 1. The summed E-state index contributed by atoms with van der Waals surface area (Å²) in [6.07, 6.45) is 0. The second-order valence-electron chi connectivity index (χ2n) is 3.53. The summed E-state index contributed by atoms with van der Waals surface area (Å²) in [7, 11) is 2.48. The van der Waals surface area contributed by atoms with Crippen molar-refractivity contribution in [2.24, 2.45) is 0 Å². The molecule has 5 nitrogen and oxygen atoms in total. The first-order valence-electron chi connectivity index (χ1n) is 5.06. The fourth-order valence-electron chi connectivity index (χ4n) is 1.73. The van der Waals surface area contributed by atoms with Crippen LogP contribution in [0.5, 0.6) is 0 Å². The van der Waals surface area contributed by atoms with Gasteiger partial charge < -0.3 is 15.2 Å². The average molecular weight is 265 g/mol. The molecule has 94 valence electrons. The lowest BCUT2D eigenvalue weighted by Gasteiger charge is -2.10. The molecule has 2 rings (SSSR count). The van der Waals surface area contributed by atoms with Crippen molar-refractivity contribution in [2.75, 3.05) is 20.0 Å². The number of methoxy groups -OCH3 is 2. The van der Waals surface area contributed by atoms with E-state index in [9.17, 15) is 9.59 Å². The maximum absolute atomic E-state index is 11.7. The Bertz CT molecular complexity index is 632. The molecule has 2 N–H and O–H groups in total. The molecule has 0 amide bonds. The van der Waals surface area contributed by atoms with Crippen molar-refractivity contribution >= 4 is 39.0 Å². The highest BCUT2D eigenvalue weighted by Gasteiger charge is 2.24. The molecule has 0 radical (unpaired) electrons. The number of esters is 2. The Morgan fingerprint density at radius 1 is 1.22 bits per heavy atom. The lowest BCUT2D eigenvalue weighted by molar-refractivity contribution is 0.0556. The Kier molecular flexibility index (Phi) is 3.20. The smallest absolute Gasteiger partial charge is 0.340 e. The minimum absolute atomic E-state index is 0.0549. The molecule has 18 heavy (non-hydrogen) atoms. The maximum Gasteiger partial charge on any atom is 0.340 e. The van der Waals surface area contributed by atoms with Crippen LogP contribution in [0.25, 0.3) is 10.1 Å². The molecule has 0 unspecified atom stereocenters. The van der Waals surface area contributed by atoms with Crippen molar-refractivity contribution < 1.29 is 19.1 Å². The lowest BCUT2D eigenvalue weighted by atomic mass is 10.0. The Hall–Kier alpha value is -2.08. The number of hydrogen-bond acceptors (Lipinski definition) is 6. The number of ether oxygens (including phenoxy) is 2. The van der Waals surface area contributed by atoms with Crippen LogP contribution in [-0.2, 0) is 9.47 Å². The molecule has 0 bridgehead atoms. The normalized spacial score (nSPS) is 10.3. The van der Waals surface area contributed by atoms with E-state index in [1.54, 1.807) is 6.07 Å². The van der Waals surface area contributed by atoms with Crippen LogP contribution in [0.2, 0.25) is 0 Å². The van der Waals surface area contributed by atoms with E-state index in [1.807, 2.05) is 11.4 Å². The summed E-state index contributed by atoms with van der Waals surface area (Å²) in [6.45, 7) is 0. The predicted octanol–water partition coefficient (Wildman–Crippen LogP) is 2.06. The molecule has 1 aromatic carbocycles. The number of nitrogen functional groups attached to an aromatic ring is 1. The van der Waals surface area contributed by atoms with Crippen LogP contribution in [0.1, 0.15) is 20.7 Å². The van der Waals surface area contributed by atoms with Crippen LogP contribution < -0.4 is 5.73 Å². The summed E-state index contributed by atoms with van der Waals surface area (Å²) in [5, 5.41) is 2.63. The molecule has 0 saturated heterocycles. The van der Waals surface area contributed by atoms with Crippen LogP contribution in [-0.4, -0.2) is 26.2 Å². The molecule has 0 spiro atoms. The minimum atomic E-state index is -0.650. The number of benzene rings is 1. The fraction of sp³-hybridized carbons (Fsp3) is 0.167. The van der Waals surface area contributed by atoms with Crippen molar-refractivity contribution in [1.29, 1.82) is 0 Å². The van der Waals surface area contributed by atoms with E-state index in [2.05, 4.69) is 9.47 Å². The molecule has 0 aliphatic rings. The molecule has 0 saturated carbocycles. The van der Waals surface area contributed by atoms with Gasteiger partial charge in [-0.2, -0.15) is 0 Å². The quantitative estimate of drug-likeness (QED) is 0.664.